The van der Waals surface area contributed by atoms with Gasteiger partial charge in [0.2, 0.25) is 5.88 Å². The SMILES string of the molecule is CC(C)COc1nc(NC(C)C2CCC2)ccc1N. The number of nitrogens with two attached hydrogens (primary N) is 1. The maximum Gasteiger partial charge on any atom is 0.239 e. The van der Waals surface area contributed by atoms with E-state index >= 15 is 0 Å². The van der Waals surface area contributed by atoms with Crippen LogP contribution in [0, 0.1) is 11.8 Å². The third kappa shape index (κ3) is 3.75. The number of ether oxygens (including phenoxy) is 1. The molecule has 3 N–H and O–H groups in total. The Labute approximate surface area is 115 Å². The number of rotatable bonds is 6. The molecule has 4 heteroatoms. The Morgan fingerprint density at radius 2 is 2.11 bits per heavy atom. The van der Waals surface area contributed by atoms with E-state index in [1.165, 1.54) is 19.3 Å². The fourth-order valence-electron chi connectivity index (χ4n) is 2.18. The Morgan fingerprint density at radius 1 is 1.37 bits per heavy atom. The Balaban J connectivity index is 1.98. The molecule has 0 bridgehead atoms. The maximum atomic E-state index is 5.89. The predicted octanol–water partition coefficient (Wildman–Crippen LogP) is 3.30. The van der Waals surface area contributed by atoms with Crippen LogP contribution < -0.4 is 15.8 Å². The van der Waals surface area contributed by atoms with Crippen molar-refractivity contribution in [1.29, 1.82) is 0 Å². The lowest BCUT2D eigenvalue weighted by molar-refractivity contribution is 0.262. The molecule has 1 saturated carbocycles. The van der Waals surface area contributed by atoms with Crippen LogP contribution in [0.25, 0.3) is 0 Å². The molecule has 1 unspecified atom stereocenters. The normalized spacial score (nSPS) is 17.1. The van der Waals surface area contributed by atoms with Gasteiger partial charge in [0.1, 0.15) is 5.82 Å². The van der Waals surface area contributed by atoms with Crippen LogP contribution in [-0.4, -0.2) is 17.6 Å². The van der Waals surface area contributed by atoms with Crippen LogP contribution in [0.5, 0.6) is 5.88 Å². The largest absolute Gasteiger partial charge is 0.476 e. The first kappa shape index (κ1) is 14.0. The van der Waals surface area contributed by atoms with Crippen LogP contribution in [0.3, 0.4) is 0 Å². The summed E-state index contributed by atoms with van der Waals surface area (Å²) in [6.45, 7) is 7.07. The second-order valence-electron chi connectivity index (χ2n) is 5.92. The Bertz CT molecular complexity index is 416. The molecule has 1 aliphatic rings. The van der Waals surface area contributed by atoms with Gasteiger partial charge in [-0.05, 0) is 43.7 Å². The summed E-state index contributed by atoms with van der Waals surface area (Å²) in [5, 5.41) is 3.45. The van der Waals surface area contributed by atoms with Crippen LogP contribution in [0.1, 0.15) is 40.0 Å². The molecular formula is C15H25N3O. The van der Waals surface area contributed by atoms with Gasteiger partial charge in [0.05, 0.1) is 12.3 Å². The fraction of sp³-hybridized carbons (Fsp3) is 0.667. The van der Waals surface area contributed by atoms with Crippen molar-refractivity contribution in [2.75, 3.05) is 17.7 Å². The van der Waals surface area contributed by atoms with Crippen molar-refractivity contribution in [1.82, 2.24) is 4.98 Å². The van der Waals surface area contributed by atoms with E-state index in [9.17, 15) is 0 Å². The highest BCUT2D eigenvalue weighted by atomic mass is 16.5. The third-order valence-corrected chi connectivity index (χ3v) is 3.68. The molecule has 1 aliphatic carbocycles. The Hall–Kier alpha value is -1.45. The highest BCUT2D eigenvalue weighted by Gasteiger charge is 2.24. The summed E-state index contributed by atoms with van der Waals surface area (Å²) >= 11 is 0. The summed E-state index contributed by atoms with van der Waals surface area (Å²) in [4.78, 5) is 4.47. The molecular weight excluding hydrogens is 238 g/mol. The smallest absolute Gasteiger partial charge is 0.239 e. The van der Waals surface area contributed by atoms with Crippen molar-refractivity contribution in [3.05, 3.63) is 12.1 Å². The molecule has 1 heterocycles. The van der Waals surface area contributed by atoms with E-state index in [0.29, 0.717) is 30.1 Å². The average molecular weight is 263 g/mol. The molecule has 1 aromatic heterocycles. The summed E-state index contributed by atoms with van der Waals surface area (Å²) in [6.07, 6.45) is 3.99. The van der Waals surface area contributed by atoms with Crippen molar-refractivity contribution in [2.45, 2.75) is 46.1 Å². The zero-order chi connectivity index (χ0) is 13.8. The van der Waals surface area contributed by atoms with Gasteiger partial charge < -0.3 is 15.8 Å². The zero-order valence-corrected chi connectivity index (χ0v) is 12.1. The molecule has 106 valence electrons. The standard InChI is InChI=1S/C15H25N3O/c1-10(2)9-19-15-13(16)7-8-14(18-15)17-11(3)12-5-4-6-12/h7-8,10-12H,4-6,9,16H2,1-3H3,(H,17,18). The summed E-state index contributed by atoms with van der Waals surface area (Å²) in [5.41, 5.74) is 6.49. The van der Waals surface area contributed by atoms with E-state index < -0.39 is 0 Å². The molecule has 0 aliphatic heterocycles. The lowest BCUT2D eigenvalue weighted by Crippen LogP contribution is -2.31. The lowest BCUT2D eigenvalue weighted by Gasteiger charge is -2.32. The molecule has 0 saturated heterocycles. The van der Waals surface area contributed by atoms with Crippen molar-refractivity contribution in [3.63, 3.8) is 0 Å². The van der Waals surface area contributed by atoms with Crippen molar-refractivity contribution in [2.24, 2.45) is 11.8 Å². The van der Waals surface area contributed by atoms with E-state index in [1.807, 2.05) is 12.1 Å². The molecule has 4 nitrogen and oxygen atoms in total. The number of hydrogen-bond donors (Lipinski definition) is 2. The van der Waals surface area contributed by atoms with Gasteiger partial charge in [0, 0.05) is 6.04 Å². The fourth-order valence-corrected chi connectivity index (χ4v) is 2.18. The summed E-state index contributed by atoms with van der Waals surface area (Å²) in [5.74, 6) is 2.64. The van der Waals surface area contributed by atoms with Crippen molar-refractivity contribution < 1.29 is 4.74 Å². The third-order valence-electron chi connectivity index (χ3n) is 3.68. The quantitative estimate of drug-likeness (QED) is 0.826. The van der Waals surface area contributed by atoms with E-state index in [-0.39, 0.29) is 0 Å². The molecule has 0 amide bonds. The number of anilines is 2. The molecule has 0 spiro atoms. The molecule has 1 aromatic rings. The second-order valence-corrected chi connectivity index (χ2v) is 5.92. The molecule has 1 fully saturated rings. The maximum absolute atomic E-state index is 5.89. The van der Waals surface area contributed by atoms with Gasteiger partial charge in [-0.3, -0.25) is 0 Å². The molecule has 0 radical (unpaired) electrons. The number of nitrogens with one attached hydrogen (secondary N) is 1. The topological polar surface area (TPSA) is 60.2 Å². The minimum Gasteiger partial charge on any atom is -0.476 e. The number of aromatic nitrogens is 1. The summed E-state index contributed by atoms with van der Waals surface area (Å²) in [6, 6.07) is 4.24. The highest BCUT2D eigenvalue weighted by molar-refractivity contribution is 5.53. The molecule has 0 aromatic carbocycles. The van der Waals surface area contributed by atoms with Crippen molar-refractivity contribution >= 4 is 11.5 Å². The van der Waals surface area contributed by atoms with Crippen LogP contribution in [0.4, 0.5) is 11.5 Å². The van der Waals surface area contributed by atoms with E-state index in [1.54, 1.807) is 0 Å². The van der Waals surface area contributed by atoms with Gasteiger partial charge in [-0.1, -0.05) is 20.3 Å². The monoisotopic (exact) mass is 263 g/mol. The van der Waals surface area contributed by atoms with Crippen molar-refractivity contribution in [3.8, 4) is 5.88 Å². The number of nitrogens with zero attached hydrogens (tertiary/aromatic N) is 1. The summed E-state index contributed by atoms with van der Waals surface area (Å²) < 4.78 is 5.65. The van der Waals surface area contributed by atoms with Crippen LogP contribution in [0.15, 0.2) is 12.1 Å². The number of pyridine rings is 1. The van der Waals surface area contributed by atoms with Gasteiger partial charge in [0.15, 0.2) is 0 Å². The van der Waals surface area contributed by atoms with Crippen LogP contribution >= 0.6 is 0 Å². The second kappa shape index (κ2) is 6.13. The first-order chi connectivity index (χ1) is 9.06. The molecule has 2 rings (SSSR count). The zero-order valence-electron chi connectivity index (χ0n) is 12.1. The molecule has 1 atom stereocenters. The number of hydrogen-bond acceptors (Lipinski definition) is 4. The number of nitrogen functional groups attached to an aromatic ring is 1. The van der Waals surface area contributed by atoms with E-state index in [0.717, 1.165) is 11.7 Å². The van der Waals surface area contributed by atoms with Gasteiger partial charge in [-0.25, -0.2) is 0 Å². The summed E-state index contributed by atoms with van der Waals surface area (Å²) in [7, 11) is 0. The highest BCUT2D eigenvalue weighted by Crippen LogP contribution is 2.31. The van der Waals surface area contributed by atoms with Gasteiger partial charge >= 0.3 is 0 Å². The van der Waals surface area contributed by atoms with E-state index in [4.69, 9.17) is 10.5 Å². The Kier molecular flexibility index (Phi) is 4.51. The molecule has 19 heavy (non-hydrogen) atoms. The van der Waals surface area contributed by atoms with E-state index in [2.05, 4.69) is 31.1 Å². The Morgan fingerprint density at radius 3 is 2.68 bits per heavy atom. The van der Waals surface area contributed by atoms with Crippen LogP contribution in [-0.2, 0) is 0 Å². The first-order valence-corrected chi connectivity index (χ1v) is 7.22. The minimum absolute atomic E-state index is 0.461. The van der Waals surface area contributed by atoms with Gasteiger partial charge in [0.25, 0.3) is 0 Å². The lowest BCUT2D eigenvalue weighted by atomic mass is 9.80. The van der Waals surface area contributed by atoms with Crippen LogP contribution in [0.2, 0.25) is 0 Å². The van der Waals surface area contributed by atoms with Gasteiger partial charge in [-0.15, -0.1) is 0 Å². The first-order valence-electron chi connectivity index (χ1n) is 7.22. The van der Waals surface area contributed by atoms with Gasteiger partial charge in [-0.2, -0.15) is 4.98 Å². The average Bonchev–Trinajstić information content (AvgIpc) is 2.27. The minimum atomic E-state index is 0.461. The predicted molar refractivity (Wildman–Crippen MR) is 79.4 cm³/mol.